The van der Waals surface area contributed by atoms with Gasteiger partial charge in [0.15, 0.2) is 6.61 Å². The summed E-state index contributed by atoms with van der Waals surface area (Å²) in [6, 6.07) is 7.90. The van der Waals surface area contributed by atoms with Crippen LogP contribution in [0.25, 0.3) is 0 Å². The summed E-state index contributed by atoms with van der Waals surface area (Å²) in [4.78, 5) is 4.33. The molecule has 0 spiro atoms. The van der Waals surface area contributed by atoms with Crippen molar-refractivity contribution in [3.63, 3.8) is 0 Å². The Morgan fingerprint density at radius 1 is 1.11 bits per heavy atom. The number of nitrogens with one attached hydrogen (secondary N) is 1. The molecule has 0 heterocycles. The van der Waals surface area contributed by atoms with Gasteiger partial charge in [0, 0.05) is 6.54 Å². The van der Waals surface area contributed by atoms with Crippen LogP contribution in [0.2, 0.25) is 19.6 Å². The zero-order valence-electron chi connectivity index (χ0n) is 10.8. The molecule has 0 unspecified atom stereocenters. The second kappa shape index (κ2) is 5.86. The average Bonchev–Trinajstić information content (AvgIpc) is 2.22. The van der Waals surface area contributed by atoms with E-state index in [1.165, 1.54) is 5.19 Å². The first kappa shape index (κ1) is 15.2. The molecule has 0 amide bonds. The van der Waals surface area contributed by atoms with Gasteiger partial charge in [-0.25, -0.2) is 0 Å². The molecule has 0 saturated carbocycles. The normalized spacial score (nSPS) is 12.8. The molecule has 2 nitrogen and oxygen atoms in total. The summed E-state index contributed by atoms with van der Waals surface area (Å²) in [5, 5.41) is 1.32. The van der Waals surface area contributed by atoms with Crippen LogP contribution in [0.4, 0.5) is 13.2 Å². The monoisotopic (exact) mass is 277 g/mol. The highest BCUT2D eigenvalue weighted by molar-refractivity contribution is 6.88. The number of halogens is 3. The second-order valence-corrected chi connectivity index (χ2v) is 10.2. The summed E-state index contributed by atoms with van der Waals surface area (Å²) >= 11 is 0. The van der Waals surface area contributed by atoms with Crippen LogP contribution in [-0.4, -0.2) is 20.9 Å². The van der Waals surface area contributed by atoms with Crippen molar-refractivity contribution in [2.75, 3.05) is 6.61 Å². The van der Waals surface area contributed by atoms with E-state index in [0.717, 1.165) is 5.56 Å². The van der Waals surface area contributed by atoms with Crippen molar-refractivity contribution >= 4 is 13.3 Å². The van der Waals surface area contributed by atoms with E-state index in [9.17, 15) is 13.2 Å². The van der Waals surface area contributed by atoms with Gasteiger partial charge in [0.25, 0.3) is 0 Å². The quantitative estimate of drug-likeness (QED) is 0.507. The Balaban J connectivity index is 2.41. The minimum Gasteiger partial charge on any atom is -0.292 e. The van der Waals surface area contributed by atoms with Gasteiger partial charge in [-0.05, 0) is 5.56 Å². The predicted molar refractivity (Wildman–Crippen MR) is 68.3 cm³/mol. The van der Waals surface area contributed by atoms with Crippen molar-refractivity contribution in [1.82, 2.24) is 5.48 Å². The highest BCUT2D eigenvalue weighted by Crippen LogP contribution is 2.13. The van der Waals surface area contributed by atoms with Crippen molar-refractivity contribution in [1.29, 1.82) is 0 Å². The summed E-state index contributed by atoms with van der Waals surface area (Å²) in [7, 11) is -1.32. The third kappa shape index (κ3) is 5.66. The molecule has 0 aliphatic heterocycles. The molecule has 1 aromatic rings. The van der Waals surface area contributed by atoms with Gasteiger partial charge in [-0.3, -0.25) is 4.84 Å². The lowest BCUT2D eigenvalue weighted by Crippen LogP contribution is -2.37. The fraction of sp³-hybridized carbons (Fsp3) is 0.500. The van der Waals surface area contributed by atoms with E-state index >= 15 is 0 Å². The maximum Gasteiger partial charge on any atom is 0.413 e. The van der Waals surface area contributed by atoms with Crippen LogP contribution in [0.3, 0.4) is 0 Å². The van der Waals surface area contributed by atoms with Crippen molar-refractivity contribution in [2.45, 2.75) is 32.4 Å². The molecule has 0 bridgehead atoms. The number of benzene rings is 1. The lowest BCUT2D eigenvalue weighted by Gasteiger charge is -2.16. The summed E-state index contributed by atoms with van der Waals surface area (Å²) < 4.78 is 35.4. The van der Waals surface area contributed by atoms with E-state index in [4.69, 9.17) is 0 Å². The highest BCUT2D eigenvalue weighted by Gasteiger charge is 2.27. The molecule has 1 rings (SSSR count). The first-order valence-corrected chi connectivity index (χ1v) is 9.19. The molecule has 18 heavy (non-hydrogen) atoms. The Morgan fingerprint density at radius 3 is 2.11 bits per heavy atom. The van der Waals surface area contributed by atoms with Crippen LogP contribution >= 0.6 is 0 Å². The molecule has 0 fully saturated rings. The Kier molecular flexibility index (Phi) is 4.95. The summed E-state index contributed by atoms with van der Waals surface area (Å²) in [5.41, 5.74) is 3.21. The molecule has 0 aliphatic carbocycles. The van der Waals surface area contributed by atoms with E-state index in [2.05, 4.69) is 30.0 Å². The zero-order valence-corrected chi connectivity index (χ0v) is 11.8. The van der Waals surface area contributed by atoms with Gasteiger partial charge >= 0.3 is 6.18 Å². The van der Waals surface area contributed by atoms with E-state index in [1.807, 2.05) is 24.3 Å². The fourth-order valence-electron chi connectivity index (χ4n) is 1.39. The molecule has 0 aliphatic rings. The molecule has 0 atom stereocenters. The van der Waals surface area contributed by atoms with Crippen LogP contribution in [0.5, 0.6) is 0 Å². The third-order valence-corrected chi connectivity index (χ3v) is 4.50. The molecule has 6 heteroatoms. The molecule has 1 aromatic carbocycles. The van der Waals surface area contributed by atoms with Crippen molar-refractivity contribution < 1.29 is 18.0 Å². The minimum atomic E-state index is -4.30. The first-order chi connectivity index (χ1) is 8.18. The van der Waals surface area contributed by atoms with E-state index in [1.54, 1.807) is 0 Å². The van der Waals surface area contributed by atoms with Crippen molar-refractivity contribution in [3.05, 3.63) is 29.8 Å². The smallest absolute Gasteiger partial charge is 0.292 e. The van der Waals surface area contributed by atoms with Crippen LogP contribution in [-0.2, 0) is 11.4 Å². The van der Waals surface area contributed by atoms with Gasteiger partial charge in [-0.2, -0.15) is 18.7 Å². The molecular formula is C12H18F3NOSi. The Hall–Kier alpha value is -0.853. The van der Waals surface area contributed by atoms with E-state index < -0.39 is 20.9 Å². The predicted octanol–water partition coefficient (Wildman–Crippen LogP) is 2.82. The summed E-state index contributed by atoms with van der Waals surface area (Å²) in [6.07, 6.45) is -4.30. The molecule has 0 aromatic heterocycles. The van der Waals surface area contributed by atoms with E-state index in [0.29, 0.717) is 0 Å². The highest BCUT2D eigenvalue weighted by atomic mass is 28.3. The lowest BCUT2D eigenvalue weighted by atomic mass is 10.2. The standard InChI is InChI=1S/C12H18F3NOSi/c1-18(2,3)11-6-4-10(5-7-11)8-16-17-9-12(13,14)15/h4-7,16H,8-9H2,1-3H3. The second-order valence-electron chi connectivity index (χ2n) is 5.17. The Morgan fingerprint density at radius 2 is 1.67 bits per heavy atom. The summed E-state index contributed by atoms with van der Waals surface area (Å²) in [5.74, 6) is 0. The number of hydrogen-bond acceptors (Lipinski definition) is 2. The number of alkyl halides is 3. The summed E-state index contributed by atoms with van der Waals surface area (Å²) in [6.45, 7) is 5.72. The molecule has 1 N–H and O–H groups in total. The largest absolute Gasteiger partial charge is 0.413 e. The minimum absolute atomic E-state index is 0.266. The average molecular weight is 277 g/mol. The van der Waals surface area contributed by atoms with Gasteiger partial charge in [0.1, 0.15) is 0 Å². The zero-order chi connectivity index (χ0) is 13.8. The Labute approximate surface area is 106 Å². The van der Waals surface area contributed by atoms with Gasteiger partial charge in [0.2, 0.25) is 0 Å². The lowest BCUT2D eigenvalue weighted by molar-refractivity contribution is -0.190. The van der Waals surface area contributed by atoms with Gasteiger partial charge in [0.05, 0.1) is 8.07 Å². The van der Waals surface area contributed by atoms with Gasteiger partial charge in [-0.1, -0.05) is 49.1 Å². The maximum absolute atomic E-state index is 11.8. The van der Waals surface area contributed by atoms with E-state index in [-0.39, 0.29) is 6.54 Å². The van der Waals surface area contributed by atoms with Crippen LogP contribution in [0, 0.1) is 0 Å². The topological polar surface area (TPSA) is 21.3 Å². The van der Waals surface area contributed by atoms with Crippen molar-refractivity contribution in [2.24, 2.45) is 0 Å². The molecule has 102 valence electrons. The Bertz CT molecular complexity index is 370. The molecular weight excluding hydrogens is 259 g/mol. The molecule has 0 radical (unpaired) electrons. The molecule has 0 saturated heterocycles. The number of rotatable bonds is 5. The number of hydroxylamine groups is 1. The fourth-order valence-corrected chi connectivity index (χ4v) is 2.56. The van der Waals surface area contributed by atoms with Gasteiger partial charge < -0.3 is 0 Å². The van der Waals surface area contributed by atoms with Crippen LogP contribution in [0.1, 0.15) is 5.56 Å². The van der Waals surface area contributed by atoms with Crippen molar-refractivity contribution in [3.8, 4) is 0 Å². The maximum atomic E-state index is 11.8. The first-order valence-electron chi connectivity index (χ1n) is 5.69. The van der Waals surface area contributed by atoms with Crippen LogP contribution < -0.4 is 10.7 Å². The number of hydrogen-bond donors (Lipinski definition) is 1. The van der Waals surface area contributed by atoms with Crippen LogP contribution in [0.15, 0.2) is 24.3 Å². The SMILES string of the molecule is C[Si](C)(C)c1ccc(CNOCC(F)(F)F)cc1. The third-order valence-electron chi connectivity index (χ3n) is 2.43. The van der Waals surface area contributed by atoms with Gasteiger partial charge in [-0.15, -0.1) is 0 Å².